The number of nitrogens with one attached hydrogen (secondary N) is 2. The van der Waals surface area contributed by atoms with Gasteiger partial charge in [-0.3, -0.25) is 9.78 Å². The van der Waals surface area contributed by atoms with Gasteiger partial charge in [-0.1, -0.05) is 23.4 Å². The first-order valence-electron chi connectivity index (χ1n) is 10.4. The Morgan fingerprint density at radius 3 is 2.69 bits per heavy atom. The molecule has 0 atom stereocenters. The molecule has 1 aliphatic heterocycles. The van der Waals surface area contributed by atoms with E-state index < -0.39 is 0 Å². The van der Waals surface area contributed by atoms with E-state index in [9.17, 15) is 4.79 Å². The Kier molecular flexibility index (Phi) is 7.16. The molecule has 1 amide bonds. The molecule has 1 fully saturated rings. The van der Waals surface area contributed by atoms with Crippen molar-refractivity contribution in [2.45, 2.75) is 45.9 Å². The molecule has 0 saturated carbocycles. The molecule has 1 aliphatic rings. The van der Waals surface area contributed by atoms with E-state index in [1.807, 2.05) is 45.9 Å². The highest BCUT2D eigenvalue weighted by atomic mass is 35.5. The van der Waals surface area contributed by atoms with E-state index in [4.69, 9.17) is 4.74 Å². The molecule has 3 aromatic rings. The molecule has 8 nitrogen and oxygen atoms in total. The summed E-state index contributed by atoms with van der Waals surface area (Å²) in [6.07, 6.45) is 5.40. The van der Waals surface area contributed by atoms with Crippen LogP contribution in [0.5, 0.6) is 5.75 Å². The Morgan fingerprint density at radius 2 is 2.06 bits per heavy atom. The molecule has 2 N–H and O–H groups in total. The van der Waals surface area contributed by atoms with Crippen LogP contribution in [-0.4, -0.2) is 45.1 Å². The Morgan fingerprint density at radius 1 is 1.28 bits per heavy atom. The van der Waals surface area contributed by atoms with Crippen molar-refractivity contribution in [3.05, 3.63) is 59.7 Å². The van der Waals surface area contributed by atoms with Gasteiger partial charge >= 0.3 is 0 Å². The van der Waals surface area contributed by atoms with Crippen molar-refractivity contribution in [2.24, 2.45) is 0 Å². The normalized spacial score (nSPS) is 13.8. The highest BCUT2D eigenvalue weighted by Crippen LogP contribution is 2.31. The summed E-state index contributed by atoms with van der Waals surface area (Å²) in [5, 5.41) is 14.2. The van der Waals surface area contributed by atoms with Crippen LogP contribution in [0.15, 0.2) is 42.9 Å². The number of hydrogen-bond donors (Lipinski definition) is 2. The van der Waals surface area contributed by atoms with Crippen LogP contribution in [0.25, 0.3) is 11.1 Å². The van der Waals surface area contributed by atoms with Gasteiger partial charge in [0.05, 0.1) is 17.9 Å². The van der Waals surface area contributed by atoms with E-state index in [1.54, 1.807) is 23.3 Å². The van der Waals surface area contributed by atoms with Gasteiger partial charge in [0.15, 0.2) is 5.69 Å². The summed E-state index contributed by atoms with van der Waals surface area (Å²) < 4.78 is 7.75. The first-order chi connectivity index (χ1) is 14.8. The van der Waals surface area contributed by atoms with E-state index in [2.05, 4.69) is 32.0 Å². The van der Waals surface area contributed by atoms with Gasteiger partial charge in [0.1, 0.15) is 11.9 Å². The third kappa shape index (κ3) is 5.26. The molecule has 32 heavy (non-hydrogen) atoms. The Labute approximate surface area is 194 Å². The monoisotopic (exact) mass is 456 g/mol. The first kappa shape index (κ1) is 23.7. The highest BCUT2D eigenvalue weighted by Gasteiger charge is 2.21. The summed E-state index contributed by atoms with van der Waals surface area (Å²) in [6, 6.07) is 8.16. The Bertz CT molecular complexity index is 1090. The maximum Gasteiger partial charge on any atom is 0.273 e. The van der Waals surface area contributed by atoms with Crippen LogP contribution in [-0.2, 0) is 12.1 Å². The van der Waals surface area contributed by atoms with Gasteiger partial charge in [-0.2, -0.15) is 0 Å². The average molecular weight is 457 g/mol. The molecule has 1 saturated heterocycles. The zero-order valence-corrected chi connectivity index (χ0v) is 19.6. The summed E-state index contributed by atoms with van der Waals surface area (Å²) >= 11 is 0. The number of halogens is 1. The fourth-order valence-corrected chi connectivity index (χ4v) is 3.26. The van der Waals surface area contributed by atoms with Crippen molar-refractivity contribution < 1.29 is 9.53 Å². The number of ether oxygens (including phenoxy) is 1. The number of hydrogen-bond acceptors (Lipinski definition) is 6. The van der Waals surface area contributed by atoms with Gasteiger partial charge in [-0.05, 0) is 50.5 Å². The molecule has 2 aromatic heterocycles. The van der Waals surface area contributed by atoms with Gasteiger partial charge < -0.3 is 15.4 Å². The van der Waals surface area contributed by atoms with Gasteiger partial charge in [0.2, 0.25) is 0 Å². The minimum Gasteiger partial charge on any atom is -0.486 e. The molecule has 1 aromatic carbocycles. The molecule has 0 radical (unpaired) electrons. The fraction of sp³-hybridized carbons (Fsp3) is 0.391. The van der Waals surface area contributed by atoms with E-state index in [-0.39, 0.29) is 30.0 Å². The lowest BCUT2D eigenvalue weighted by atomic mass is 10.00. The Balaban J connectivity index is 0.00000289. The Hall–Kier alpha value is -2.97. The predicted molar refractivity (Wildman–Crippen MR) is 125 cm³/mol. The lowest BCUT2D eigenvalue weighted by Crippen LogP contribution is -2.50. The smallest absolute Gasteiger partial charge is 0.273 e. The summed E-state index contributed by atoms with van der Waals surface area (Å²) in [5.41, 5.74) is 4.30. The van der Waals surface area contributed by atoms with Gasteiger partial charge in [-0.25, -0.2) is 4.68 Å². The van der Waals surface area contributed by atoms with Crippen molar-refractivity contribution in [1.29, 1.82) is 0 Å². The quantitative estimate of drug-likeness (QED) is 0.592. The van der Waals surface area contributed by atoms with Crippen molar-refractivity contribution in [1.82, 2.24) is 30.6 Å². The minimum atomic E-state index is -0.238. The van der Waals surface area contributed by atoms with E-state index >= 15 is 0 Å². The summed E-state index contributed by atoms with van der Waals surface area (Å²) in [7, 11) is 0. The maximum atomic E-state index is 12.5. The van der Waals surface area contributed by atoms with Crippen LogP contribution >= 0.6 is 12.4 Å². The van der Waals surface area contributed by atoms with E-state index in [1.165, 1.54) is 0 Å². The molecule has 0 spiro atoms. The molecular weight excluding hydrogens is 428 g/mol. The van der Waals surface area contributed by atoms with E-state index in [0.29, 0.717) is 12.2 Å². The number of pyridine rings is 1. The van der Waals surface area contributed by atoms with Crippen LogP contribution in [0.4, 0.5) is 0 Å². The standard InChI is InChI=1S/C23H28N6O2.ClH/c1-15-9-16(19-7-8-24-13-21(19)31-18-11-25-12-18)5-6-17(15)10-26-22(30)20-14-29(28-27-20)23(2,3)4;/h5-9,13-14,18,25H,10-12H2,1-4H3,(H,26,30);1H. The van der Waals surface area contributed by atoms with Gasteiger partial charge in [0, 0.05) is 31.4 Å². The number of benzene rings is 1. The molecule has 9 heteroatoms. The van der Waals surface area contributed by atoms with Gasteiger partial charge in [0.25, 0.3) is 5.91 Å². The highest BCUT2D eigenvalue weighted by molar-refractivity contribution is 5.91. The lowest BCUT2D eigenvalue weighted by Gasteiger charge is -2.28. The number of nitrogens with zero attached hydrogens (tertiary/aromatic N) is 4. The number of rotatable bonds is 6. The third-order valence-electron chi connectivity index (χ3n) is 5.33. The number of amides is 1. The summed E-state index contributed by atoms with van der Waals surface area (Å²) in [4.78, 5) is 16.7. The molecule has 170 valence electrons. The second-order valence-electron chi connectivity index (χ2n) is 8.81. The van der Waals surface area contributed by atoms with E-state index in [0.717, 1.165) is 41.1 Å². The second-order valence-corrected chi connectivity index (χ2v) is 8.81. The zero-order valence-electron chi connectivity index (χ0n) is 18.8. The summed E-state index contributed by atoms with van der Waals surface area (Å²) in [6.45, 7) is 10.2. The molecule has 0 unspecified atom stereocenters. The fourth-order valence-electron chi connectivity index (χ4n) is 3.26. The van der Waals surface area contributed by atoms with Crippen LogP contribution in [0.2, 0.25) is 0 Å². The van der Waals surface area contributed by atoms with Crippen LogP contribution in [0, 0.1) is 6.92 Å². The summed E-state index contributed by atoms with van der Waals surface area (Å²) in [5.74, 6) is 0.550. The number of carbonyl (C=O) groups is 1. The molecule has 3 heterocycles. The van der Waals surface area contributed by atoms with Crippen LogP contribution in [0.3, 0.4) is 0 Å². The largest absolute Gasteiger partial charge is 0.486 e. The second kappa shape index (κ2) is 9.67. The number of aromatic nitrogens is 4. The zero-order chi connectivity index (χ0) is 22.0. The lowest BCUT2D eigenvalue weighted by molar-refractivity contribution is 0.0945. The maximum absolute atomic E-state index is 12.5. The number of aryl methyl sites for hydroxylation is 1. The minimum absolute atomic E-state index is 0. The topological polar surface area (TPSA) is 94.0 Å². The first-order valence-corrected chi connectivity index (χ1v) is 10.4. The average Bonchev–Trinajstić information content (AvgIpc) is 3.21. The number of carbonyl (C=O) groups excluding carboxylic acids is 1. The van der Waals surface area contributed by atoms with Crippen molar-refractivity contribution in [3.8, 4) is 16.9 Å². The van der Waals surface area contributed by atoms with Crippen LogP contribution < -0.4 is 15.4 Å². The van der Waals surface area contributed by atoms with Crippen molar-refractivity contribution >= 4 is 18.3 Å². The predicted octanol–water partition coefficient (Wildman–Crippen LogP) is 3.11. The molecule has 0 aliphatic carbocycles. The molecule has 0 bridgehead atoms. The molecular formula is C23H29ClN6O2. The van der Waals surface area contributed by atoms with Crippen LogP contribution in [0.1, 0.15) is 42.4 Å². The third-order valence-corrected chi connectivity index (χ3v) is 5.33. The SMILES string of the molecule is Cc1cc(-c2ccncc2OC2CNC2)ccc1CNC(=O)c1cn(C(C)(C)C)nn1.Cl. The molecule has 4 rings (SSSR count). The van der Waals surface area contributed by atoms with Crippen molar-refractivity contribution in [3.63, 3.8) is 0 Å². The van der Waals surface area contributed by atoms with Gasteiger partial charge in [-0.15, -0.1) is 17.5 Å². The van der Waals surface area contributed by atoms with Crippen molar-refractivity contribution in [2.75, 3.05) is 13.1 Å².